The minimum absolute atomic E-state index is 0.00489. The highest BCUT2D eigenvalue weighted by atomic mass is 32.2. The first-order valence-electron chi connectivity index (χ1n) is 10.9. The molecule has 0 atom stereocenters. The van der Waals surface area contributed by atoms with Gasteiger partial charge in [0.05, 0.1) is 18.4 Å². The predicted molar refractivity (Wildman–Crippen MR) is 127 cm³/mol. The topological polar surface area (TPSA) is 93.2 Å². The molecule has 0 aromatic heterocycles. The number of hydrogen-bond acceptors (Lipinski definition) is 6. The molecule has 0 unspecified atom stereocenters. The summed E-state index contributed by atoms with van der Waals surface area (Å²) in [6.45, 7) is 0.433. The van der Waals surface area contributed by atoms with Crippen LogP contribution in [0.25, 0.3) is 10.8 Å². The highest BCUT2D eigenvalue weighted by Crippen LogP contribution is 2.23. The lowest BCUT2D eigenvalue weighted by atomic mass is 10.1. The fraction of sp³-hybridized carbons (Fsp3) is 0.280. The van der Waals surface area contributed by atoms with Gasteiger partial charge in [0.2, 0.25) is 10.0 Å². The number of nitrogens with zero attached hydrogens (tertiary/aromatic N) is 2. The molecule has 3 aromatic rings. The number of carbonyl (C=O) groups excluding carboxylic acids is 2. The van der Waals surface area contributed by atoms with E-state index in [1.165, 1.54) is 16.3 Å². The van der Waals surface area contributed by atoms with Crippen molar-refractivity contribution < 1.29 is 27.5 Å². The van der Waals surface area contributed by atoms with Gasteiger partial charge in [0.25, 0.3) is 5.91 Å². The summed E-state index contributed by atoms with van der Waals surface area (Å²) < 4.78 is 37.9. The maximum atomic E-state index is 13.1. The molecule has 0 bridgehead atoms. The van der Waals surface area contributed by atoms with E-state index in [1.54, 1.807) is 42.5 Å². The molecule has 3 aromatic carbocycles. The number of esters is 1. The summed E-state index contributed by atoms with van der Waals surface area (Å²) in [5.74, 6) is -0.305. The molecule has 34 heavy (non-hydrogen) atoms. The fourth-order valence-electron chi connectivity index (χ4n) is 3.94. The van der Waals surface area contributed by atoms with Crippen LogP contribution in [0.5, 0.6) is 5.75 Å². The summed E-state index contributed by atoms with van der Waals surface area (Å²) in [4.78, 5) is 26.4. The van der Waals surface area contributed by atoms with E-state index in [-0.39, 0.29) is 50.0 Å². The van der Waals surface area contributed by atoms with Gasteiger partial charge in [-0.2, -0.15) is 4.31 Å². The molecule has 0 saturated carbocycles. The van der Waals surface area contributed by atoms with Crippen LogP contribution in [0.3, 0.4) is 0 Å². The summed E-state index contributed by atoms with van der Waals surface area (Å²) in [6, 6.07) is 19.8. The number of amides is 1. The summed E-state index contributed by atoms with van der Waals surface area (Å²) in [5, 5.41) is 1.82. The molecule has 0 N–H and O–H groups in total. The van der Waals surface area contributed by atoms with Gasteiger partial charge in [-0.25, -0.2) is 8.42 Å². The van der Waals surface area contributed by atoms with Crippen LogP contribution >= 0.6 is 0 Å². The Kier molecular flexibility index (Phi) is 7.14. The van der Waals surface area contributed by atoms with E-state index < -0.39 is 16.0 Å². The van der Waals surface area contributed by atoms with Gasteiger partial charge in [0.1, 0.15) is 5.75 Å². The highest BCUT2D eigenvalue weighted by molar-refractivity contribution is 7.89. The fourth-order valence-corrected chi connectivity index (χ4v) is 5.40. The van der Waals surface area contributed by atoms with Crippen molar-refractivity contribution in [3.8, 4) is 5.75 Å². The third kappa shape index (κ3) is 5.21. The second-order valence-electron chi connectivity index (χ2n) is 7.94. The van der Waals surface area contributed by atoms with Crippen molar-refractivity contribution in [2.45, 2.75) is 11.3 Å². The maximum Gasteiger partial charge on any atom is 0.310 e. The smallest absolute Gasteiger partial charge is 0.310 e. The van der Waals surface area contributed by atoms with Crippen molar-refractivity contribution in [1.82, 2.24) is 9.21 Å². The number of benzene rings is 3. The first-order chi connectivity index (χ1) is 16.4. The molecule has 4 rings (SSSR count). The van der Waals surface area contributed by atoms with E-state index in [0.717, 1.165) is 10.8 Å². The zero-order chi connectivity index (χ0) is 24.1. The van der Waals surface area contributed by atoms with Gasteiger partial charge in [0, 0.05) is 31.7 Å². The molecule has 1 saturated heterocycles. The van der Waals surface area contributed by atoms with E-state index in [1.807, 2.05) is 24.3 Å². The molecule has 8 nitrogen and oxygen atoms in total. The normalized spacial score (nSPS) is 14.7. The molecule has 1 amide bonds. The van der Waals surface area contributed by atoms with Crippen molar-refractivity contribution in [2.24, 2.45) is 0 Å². The molecular weight excluding hydrogens is 456 g/mol. The molecule has 1 aliphatic rings. The number of piperazine rings is 1. The van der Waals surface area contributed by atoms with Gasteiger partial charge in [-0.3, -0.25) is 9.59 Å². The van der Waals surface area contributed by atoms with Crippen molar-refractivity contribution in [3.05, 3.63) is 72.3 Å². The summed E-state index contributed by atoms with van der Waals surface area (Å²) in [7, 11) is -2.15. The Bertz CT molecular complexity index is 1300. The van der Waals surface area contributed by atoms with Crippen LogP contribution in [0.1, 0.15) is 5.56 Å². The number of para-hydroxylation sites is 1. The molecular formula is C25H26N2O6S. The SMILES string of the molecule is COc1ccccc1CC(=O)OCC(=O)N1CCN(S(=O)(=O)c2ccc3ccccc3c2)CC1. The Labute approximate surface area is 198 Å². The second kappa shape index (κ2) is 10.2. The van der Waals surface area contributed by atoms with Crippen LogP contribution in [0.15, 0.2) is 71.6 Å². The monoisotopic (exact) mass is 482 g/mol. The van der Waals surface area contributed by atoms with Crippen LogP contribution < -0.4 is 4.74 Å². The van der Waals surface area contributed by atoms with E-state index in [2.05, 4.69) is 0 Å². The van der Waals surface area contributed by atoms with Crippen LogP contribution in [0.2, 0.25) is 0 Å². The molecule has 0 spiro atoms. The lowest BCUT2D eigenvalue weighted by Gasteiger charge is -2.33. The Morgan fingerprint density at radius 1 is 0.882 bits per heavy atom. The van der Waals surface area contributed by atoms with E-state index in [4.69, 9.17) is 9.47 Å². The molecule has 1 fully saturated rings. The number of sulfonamides is 1. The molecule has 9 heteroatoms. The van der Waals surface area contributed by atoms with Gasteiger partial charge in [-0.15, -0.1) is 0 Å². The average Bonchev–Trinajstić information content (AvgIpc) is 2.87. The Morgan fingerprint density at radius 3 is 2.29 bits per heavy atom. The van der Waals surface area contributed by atoms with Crippen molar-refractivity contribution in [2.75, 3.05) is 39.9 Å². The number of methoxy groups -OCH3 is 1. The van der Waals surface area contributed by atoms with Crippen LogP contribution in [0, 0.1) is 0 Å². The van der Waals surface area contributed by atoms with Gasteiger partial charge < -0.3 is 14.4 Å². The van der Waals surface area contributed by atoms with Crippen molar-refractivity contribution in [1.29, 1.82) is 0 Å². The third-order valence-corrected chi connectivity index (χ3v) is 7.73. The molecule has 0 aliphatic carbocycles. The van der Waals surface area contributed by atoms with Crippen molar-refractivity contribution in [3.63, 3.8) is 0 Å². The zero-order valence-corrected chi connectivity index (χ0v) is 19.7. The van der Waals surface area contributed by atoms with Crippen LogP contribution in [-0.2, 0) is 30.8 Å². The largest absolute Gasteiger partial charge is 0.496 e. The average molecular weight is 483 g/mol. The highest BCUT2D eigenvalue weighted by Gasteiger charge is 2.30. The Hall–Kier alpha value is -3.43. The number of rotatable bonds is 7. The van der Waals surface area contributed by atoms with Gasteiger partial charge >= 0.3 is 5.97 Å². The van der Waals surface area contributed by atoms with Crippen molar-refractivity contribution >= 4 is 32.7 Å². The molecule has 0 radical (unpaired) electrons. The number of ether oxygens (including phenoxy) is 2. The van der Waals surface area contributed by atoms with Gasteiger partial charge in [-0.05, 0) is 29.0 Å². The number of fused-ring (bicyclic) bond motifs is 1. The Morgan fingerprint density at radius 2 is 1.56 bits per heavy atom. The van der Waals surface area contributed by atoms with Gasteiger partial charge in [-0.1, -0.05) is 48.5 Å². The molecule has 1 heterocycles. The predicted octanol–water partition coefficient (Wildman–Crippen LogP) is 2.47. The minimum atomic E-state index is -3.67. The molecule has 1 aliphatic heterocycles. The van der Waals surface area contributed by atoms with Crippen LogP contribution in [0.4, 0.5) is 0 Å². The Balaban J connectivity index is 1.30. The quantitative estimate of drug-likeness (QED) is 0.481. The maximum absolute atomic E-state index is 13.1. The summed E-state index contributed by atoms with van der Waals surface area (Å²) in [6.07, 6.45) is -0.00489. The number of hydrogen-bond donors (Lipinski definition) is 0. The molecule has 178 valence electrons. The standard InChI is InChI=1S/C25H26N2O6S/c1-32-23-9-5-4-8-21(23)17-25(29)33-18-24(28)26-12-14-27(15-13-26)34(30,31)22-11-10-19-6-2-3-7-20(19)16-22/h2-11,16H,12-15,17-18H2,1H3. The minimum Gasteiger partial charge on any atom is -0.496 e. The lowest BCUT2D eigenvalue weighted by molar-refractivity contribution is -0.152. The lowest BCUT2D eigenvalue weighted by Crippen LogP contribution is -2.51. The number of carbonyl (C=O) groups is 2. The second-order valence-corrected chi connectivity index (χ2v) is 9.88. The van der Waals surface area contributed by atoms with E-state index in [0.29, 0.717) is 11.3 Å². The summed E-state index contributed by atoms with van der Waals surface area (Å²) in [5.41, 5.74) is 0.676. The van der Waals surface area contributed by atoms with E-state index in [9.17, 15) is 18.0 Å². The van der Waals surface area contributed by atoms with Crippen LogP contribution in [-0.4, -0.2) is 69.4 Å². The third-order valence-electron chi connectivity index (χ3n) is 5.83. The first-order valence-corrected chi connectivity index (χ1v) is 12.4. The van der Waals surface area contributed by atoms with E-state index >= 15 is 0 Å². The zero-order valence-electron chi connectivity index (χ0n) is 18.8. The first kappa shape index (κ1) is 23.7. The van der Waals surface area contributed by atoms with Gasteiger partial charge in [0.15, 0.2) is 6.61 Å². The summed E-state index contributed by atoms with van der Waals surface area (Å²) >= 11 is 0.